The lowest BCUT2D eigenvalue weighted by Crippen LogP contribution is -2.22. The predicted molar refractivity (Wildman–Crippen MR) is 57.8 cm³/mol. The number of benzene rings is 1. The molecule has 1 aromatic rings. The Morgan fingerprint density at radius 1 is 1.25 bits per heavy atom. The Balaban J connectivity index is 3.06. The summed E-state index contributed by atoms with van der Waals surface area (Å²) in [7, 11) is 1.69. The largest absolute Gasteiger partial charge is 0.497 e. The zero-order valence-corrected chi connectivity index (χ0v) is 9.18. The van der Waals surface area contributed by atoms with Crippen molar-refractivity contribution in [1.82, 2.24) is 0 Å². The summed E-state index contributed by atoms with van der Waals surface area (Å²) >= 11 is 3.44. The van der Waals surface area contributed by atoms with Crippen LogP contribution in [0, 0.1) is 0 Å². The number of hydrogen-bond donors (Lipinski definition) is 0. The van der Waals surface area contributed by atoms with Crippen molar-refractivity contribution in [3.8, 4) is 5.75 Å². The third kappa shape index (κ3) is 2.27. The van der Waals surface area contributed by atoms with Crippen LogP contribution in [-0.2, 0) is 0 Å². The molecule has 0 N–H and O–H groups in total. The van der Waals surface area contributed by atoms with Gasteiger partial charge in [-0.2, -0.15) is 0 Å². The van der Waals surface area contributed by atoms with E-state index in [9.17, 15) is 0 Å². The van der Waals surface area contributed by atoms with Crippen LogP contribution in [0.15, 0.2) is 22.7 Å². The van der Waals surface area contributed by atoms with E-state index < -0.39 is 0 Å². The van der Waals surface area contributed by atoms with Crippen LogP contribution < -0.4 is 10.2 Å². The smallest absolute Gasteiger partial charge is 0.169 e. The summed E-state index contributed by atoms with van der Waals surface area (Å²) in [6, 6.07) is 6.15. The molecule has 0 bridgehead atoms. The number of halogens is 1. The van der Waals surface area contributed by atoms with E-state index in [0.29, 0.717) is 6.71 Å². The Morgan fingerprint density at radius 2 is 1.92 bits per heavy atom. The third-order valence-corrected chi connectivity index (χ3v) is 2.25. The van der Waals surface area contributed by atoms with Gasteiger partial charge >= 0.3 is 0 Å². The van der Waals surface area contributed by atoms with Crippen molar-refractivity contribution in [2.75, 3.05) is 7.11 Å². The highest BCUT2D eigenvalue weighted by atomic mass is 79.9. The van der Waals surface area contributed by atoms with Gasteiger partial charge in [0.05, 0.1) is 7.11 Å². The minimum atomic E-state index is 0.538. The molecule has 0 heterocycles. The molecule has 0 fully saturated rings. The average Bonchev–Trinajstić information content (AvgIpc) is 2.03. The first kappa shape index (κ1) is 9.65. The maximum absolute atomic E-state index is 5.16. The zero-order chi connectivity index (χ0) is 9.14. The lowest BCUT2D eigenvalue weighted by atomic mass is 9.49. The monoisotopic (exact) mass is 226 g/mol. The van der Waals surface area contributed by atoms with Gasteiger partial charge in [-0.05, 0) is 12.1 Å². The van der Waals surface area contributed by atoms with Gasteiger partial charge in [-0.1, -0.05) is 41.1 Å². The molecule has 0 saturated carbocycles. The van der Waals surface area contributed by atoms with Crippen LogP contribution in [0.3, 0.4) is 0 Å². The predicted octanol–water partition coefficient (Wildman–Crippen LogP) is 2.42. The summed E-state index contributed by atoms with van der Waals surface area (Å²) in [5, 5.41) is 0. The molecule has 0 unspecified atom stereocenters. The van der Waals surface area contributed by atoms with Crippen LogP contribution in [0.5, 0.6) is 5.75 Å². The fourth-order valence-electron chi connectivity index (χ4n) is 1.04. The summed E-state index contributed by atoms with van der Waals surface area (Å²) in [5.74, 6) is 0.910. The summed E-state index contributed by atoms with van der Waals surface area (Å²) in [5.41, 5.74) is 1.29. The molecule has 1 rings (SSSR count). The van der Waals surface area contributed by atoms with E-state index in [-0.39, 0.29) is 0 Å². The molecule has 0 aliphatic carbocycles. The molecule has 0 aromatic heterocycles. The Hall–Kier alpha value is -0.435. The molecule has 1 nitrogen and oxygen atoms in total. The molecule has 3 heteroatoms. The van der Waals surface area contributed by atoms with Crippen molar-refractivity contribution in [2.24, 2.45) is 0 Å². The first-order valence-corrected chi connectivity index (χ1v) is 4.77. The number of methoxy groups -OCH3 is 1. The Morgan fingerprint density at radius 3 is 2.42 bits per heavy atom. The van der Waals surface area contributed by atoms with E-state index in [1.54, 1.807) is 7.11 Å². The highest BCUT2D eigenvalue weighted by Crippen LogP contribution is 2.16. The van der Waals surface area contributed by atoms with Crippen LogP contribution in [-0.4, -0.2) is 13.8 Å². The maximum atomic E-state index is 5.16. The molecule has 0 saturated heterocycles. The minimum absolute atomic E-state index is 0.538. The standard InChI is InChI=1S/C9H12BBrO/c1-10(2)7-4-8(11)6-9(5-7)12-3/h4-6H,1-3H3. The zero-order valence-electron chi connectivity index (χ0n) is 7.60. The van der Waals surface area contributed by atoms with Gasteiger partial charge in [-0.15, -0.1) is 0 Å². The van der Waals surface area contributed by atoms with E-state index in [2.05, 4.69) is 41.7 Å². The number of hydrogen-bond acceptors (Lipinski definition) is 1. The third-order valence-electron chi connectivity index (χ3n) is 1.80. The average molecular weight is 227 g/mol. The molecule has 0 aliphatic heterocycles. The highest BCUT2D eigenvalue weighted by Gasteiger charge is 2.05. The van der Waals surface area contributed by atoms with Gasteiger partial charge in [0.1, 0.15) is 5.75 Å². The molecular weight excluding hydrogens is 215 g/mol. The molecular formula is C9H12BBrO. The van der Waals surface area contributed by atoms with Crippen molar-refractivity contribution in [2.45, 2.75) is 13.6 Å². The van der Waals surface area contributed by atoms with E-state index in [0.717, 1.165) is 10.2 Å². The first-order valence-electron chi connectivity index (χ1n) is 3.98. The lowest BCUT2D eigenvalue weighted by Gasteiger charge is -2.06. The second kappa shape index (κ2) is 3.99. The maximum Gasteiger partial charge on any atom is 0.169 e. The SMILES string of the molecule is COc1cc(Br)cc(B(C)C)c1. The van der Waals surface area contributed by atoms with Gasteiger partial charge in [0.2, 0.25) is 0 Å². The van der Waals surface area contributed by atoms with E-state index >= 15 is 0 Å². The van der Waals surface area contributed by atoms with Gasteiger partial charge < -0.3 is 4.74 Å². The minimum Gasteiger partial charge on any atom is -0.497 e. The van der Waals surface area contributed by atoms with Crippen LogP contribution >= 0.6 is 15.9 Å². The van der Waals surface area contributed by atoms with Crippen LogP contribution in [0.4, 0.5) is 0 Å². The topological polar surface area (TPSA) is 9.23 Å². The molecule has 0 aliphatic rings. The quantitative estimate of drug-likeness (QED) is 0.704. The lowest BCUT2D eigenvalue weighted by molar-refractivity contribution is 0.415. The van der Waals surface area contributed by atoms with Crippen molar-refractivity contribution >= 4 is 28.1 Å². The number of ether oxygens (including phenoxy) is 1. The highest BCUT2D eigenvalue weighted by molar-refractivity contribution is 9.10. The molecule has 0 amide bonds. The summed E-state index contributed by atoms with van der Waals surface area (Å²) in [6.45, 7) is 4.87. The Kier molecular flexibility index (Phi) is 3.21. The summed E-state index contributed by atoms with van der Waals surface area (Å²) in [4.78, 5) is 0. The van der Waals surface area contributed by atoms with E-state index in [1.807, 2.05) is 6.07 Å². The van der Waals surface area contributed by atoms with Gasteiger partial charge in [0.25, 0.3) is 0 Å². The molecule has 0 atom stereocenters. The fourth-order valence-corrected chi connectivity index (χ4v) is 1.53. The Labute approximate surface area is 82.3 Å². The fraction of sp³-hybridized carbons (Fsp3) is 0.333. The molecule has 0 radical (unpaired) electrons. The summed E-state index contributed by atoms with van der Waals surface area (Å²) < 4.78 is 6.23. The Bertz CT molecular complexity index is 273. The molecule has 0 spiro atoms. The van der Waals surface area contributed by atoms with Crippen molar-refractivity contribution < 1.29 is 4.74 Å². The molecule has 64 valence electrons. The number of rotatable bonds is 2. The normalized spacial score (nSPS) is 9.67. The van der Waals surface area contributed by atoms with Crippen LogP contribution in [0.1, 0.15) is 0 Å². The van der Waals surface area contributed by atoms with Gasteiger partial charge in [0.15, 0.2) is 6.71 Å². The van der Waals surface area contributed by atoms with Gasteiger partial charge in [0, 0.05) is 4.47 Å². The van der Waals surface area contributed by atoms with E-state index in [4.69, 9.17) is 4.74 Å². The molecule has 1 aromatic carbocycles. The van der Waals surface area contributed by atoms with Gasteiger partial charge in [-0.25, -0.2) is 0 Å². The van der Waals surface area contributed by atoms with Crippen molar-refractivity contribution in [3.63, 3.8) is 0 Å². The summed E-state index contributed by atoms with van der Waals surface area (Å²) in [6.07, 6.45) is 0. The van der Waals surface area contributed by atoms with Crippen LogP contribution in [0.25, 0.3) is 0 Å². The van der Waals surface area contributed by atoms with Crippen molar-refractivity contribution in [3.05, 3.63) is 22.7 Å². The molecule has 12 heavy (non-hydrogen) atoms. The second-order valence-electron chi connectivity index (χ2n) is 3.08. The van der Waals surface area contributed by atoms with Crippen molar-refractivity contribution in [1.29, 1.82) is 0 Å². The van der Waals surface area contributed by atoms with E-state index in [1.165, 1.54) is 5.46 Å². The first-order chi connectivity index (χ1) is 5.63. The van der Waals surface area contributed by atoms with Crippen LogP contribution in [0.2, 0.25) is 13.6 Å². The second-order valence-corrected chi connectivity index (χ2v) is 3.99. The van der Waals surface area contributed by atoms with Gasteiger partial charge in [-0.3, -0.25) is 0 Å².